The molecule has 1 aromatic heterocycles. The van der Waals surface area contributed by atoms with Crippen LogP contribution in [0.25, 0.3) is 0 Å². The van der Waals surface area contributed by atoms with E-state index in [1.165, 1.54) is 23.7 Å². The summed E-state index contributed by atoms with van der Waals surface area (Å²) in [7, 11) is -2.08. The van der Waals surface area contributed by atoms with Crippen LogP contribution in [-0.4, -0.2) is 79.8 Å². The van der Waals surface area contributed by atoms with Crippen LogP contribution in [0.15, 0.2) is 60.8 Å². The number of benzene rings is 2. The fourth-order valence-corrected chi connectivity index (χ4v) is 6.96. The Bertz CT molecular complexity index is 1460. The Morgan fingerprint density at radius 3 is 2.50 bits per heavy atom. The maximum atomic E-state index is 15.3. The van der Waals surface area contributed by atoms with Crippen LogP contribution in [0, 0.1) is 11.7 Å². The predicted octanol–water partition coefficient (Wildman–Crippen LogP) is 3.73. The number of methoxy groups -OCH3 is 1. The molecule has 1 unspecified atom stereocenters. The van der Waals surface area contributed by atoms with Gasteiger partial charge in [-0.05, 0) is 47.9 Å². The van der Waals surface area contributed by atoms with E-state index in [0.717, 1.165) is 5.56 Å². The number of nitrogens with zero attached hydrogens (tertiary/aromatic N) is 5. The summed E-state index contributed by atoms with van der Waals surface area (Å²) < 4.78 is 47.4. The molecular formula is C28H31ClFN5O4S. The SMILES string of the molecule is COc1ccc([C@@H]2CN(c3cccnn3)C[C@H]2C(=O)N2CCC(c3ccc(Cl)cc3)N(S(C)(=O)=O)CC2)c(F)c1. The van der Waals surface area contributed by atoms with Crippen LogP contribution >= 0.6 is 11.6 Å². The van der Waals surface area contributed by atoms with Gasteiger partial charge in [0.15, 0.2) is 5.82 Å². The number of rotatable bonds is 6. The zero-order chi connectivity index (χ0) is 28.4. The number of hydrogen-bond acceptors (Lipinski definition) is 7. The normalized spacial score (nSPS) is 22.2. The average Bonchev–Trinajstić information content (AvgIpc) is 3.25. The van der Waals surface area contributed by atoms with E-state index in [-0.39, 0.29) is 19.0 Å². The quantitative estimate of drug-likeness (QED) is 0.434. The number of sulfonamides is 1. The van der Waals surface area contributed by atoms with Gasteiger partial charge in [-0.25, -0.2) is 12.8 Å². The Morgan fingerprint density at radius 2 is 1.85 bits per heavy atom. The fourth-order valence-electron chi connectivity index (χ4n) is 5.73. The minimum Gasteiger partial charge on any atom is -0.497 e. The first kappa shape index (κ1) is 28.3. The van der Waals surface area contributed by atoms with Crippen LogP contribution in [0.5, 0.6) is 5.75 Å². The summed E-state index contributed by atoms with van der Waals surface area (Å²) in [5, 5.41) is 8.73. The lowest BCUT2D eigenvalue weighted by Crippen LogP contribution is -2.42. The molecule has 0 N–H and O–H groups in total. The van der Waals surface area contributed by atoms with Gasteiger partial charge in [-0.1, -0.05) is 29.8 Å². The van der Waals surface area contributed by atoms with E-state index in [2.05, 4.69) is 10.2 Å². The second-order valence-electron chi connectivity index (χ2n) is 10.1. The summed E-state index contributed by atoms with van der Waals surface area (Å²) in [5.41, 5.74) is 1.24. The smallest absolute Gasteiger partial charge is 0.228 e. The molecule has 0 aliphatic carbocycles. The summed E-state index contributed by atoms with van der Waals surface area (Å²) in [6, 6.07) is 15.0. The van der Waals surface area contributed by atoms with Gasteiger partial charge in [-0.15, -0.1) is 5.10 Å². The average molecular weight is 588 g/mol. The van der Waals surface area contributed by atoms with Gasteiger partial charge in [0, 0.05) is 55.9 Å². The third kappa shape index (κ3) is 5.91. The standard InChI is InChI=1S/C28H31ClFN5O4S/c1-39-21-9-10-22(25(30)16-21)23-17-34(27-4-3-12-31-32-27)18-24(23)28(36)33-13-11-26(19-5-7-20(29)8-6-19)35(15-14-33)40(2,37)38/h3-10,12,16,23-24,26H,11,13-15,17-18H2,1-2H3/t23-,24+,26?/m0/s1. The summed E-state index contributed by atoms with van der Waals surface area (Å²) in [4.78, 5) is 17.8. The summed E-state index contributed by atoms with van der Waals surface area (Å²) in [5.74, 6) is -0.583. The summed E-state index contributed by atoms with van der Waals surface area (Å²) in [6.45, 7) is 1.46. The van der Waals surface area contributed by atoms with Gasteiger partial charge in [0.05, 0.1) is 25.3 Å². The van der Waals surface area contributed by atoms with Gasteiger partial charge in [-0.3, -0.25) is 4.79 Å². The molecule has 9 nitrogen and oxygen atoms in total. The molecule has 0 radical (unpaired) electrons. The molecule has 0 spiro atoms. The minimum absolute atomic E-state index is 0.142. The van der Waals surface area contributed by atoms with Crippen molar-refractivity contribution in [2.24, 2.45) is 5.92 Å². The van der Waals surface area contributed by atoms with Crippen molar-refractivity contribution in [2.75, 3.05) is 51.0 Å². The largest absolute Gasteiger partial charge is 0.497 e. The predicted molar refractivity (Wildman–Crippen MR) is 150 cm³/mol. The fraction of sp³-hybridized carbons (Fsp3) is 0.393. The van der Waals surface area contributed by atoms with Gasteiger partial charge in [0.1, 0.15) is 11.6 Å². The van der Waals surface area contributed by atoms with Crippen LogP contribution in [0.4, 0.5) is 10.2 Å². The van der Waals surface area contributed by atoms with Crippen LogP contribution in [0.1, 0.15) is 29.5 Å². The third-order valence-corrected chi connectivity index (χ3v) is 9.27. The van der Waals surface area contributed by atoms with E-state index >= 15 is 4.39 Å². The van der Waals surface area contributed by atoms with Gasteiger partial charge in [0.2, 0.25) is 15.9 Å². The first-order valence-corrected chi connectivity index (χ1v) is 15.3. The van der Waals surface area contributed by atoms with Gasteiger partial charge < -0.3 is 14.5 Å². The van der Waals surface area contributed by atoms with Gasteiger partial charge >= 0.3 is 0 Å². The van der Waals surface area contributed by atoms with Crippen molar-refractivity contribution in [3.63, 3.8) is 0 Å². The molecular weight excluding hydrogens is 557 g/mol. The van der Waals surface area contributed by atoms with Crippen molar-refractivity contribution in [3.8, 4) is 5.75 Å². The molecule has 2 aliphatic heterocycles. The molecule has 3 heterocycles. The van der Waals surface area contributed by atoms with E-state index in [0.29, 0.717) is 48.2 Å². The number of ether oxygens (including phenoxy) is 1. The first-order valence-electron chi connectivity index (χ1n) is 13.0. The summed E-state index contributed by atoms with van der Waals surface area (Å²) >= 11 is 6.06. The maximum Gasteiger partial charge on any atom is 0.228 e. The van der Waals surface area contributed by atoms with Gasteiger partial charge in [0.25, 0.3) is 0 Å². The number of anilines is 1. The number of halogens is 2. The molecule has 0 saturated carbocycles. The molecule has 2 fully saturated rings. The lowest BCUT2D eigenvalue weighted by atomic mass is 9.87. The number of amides is 1. The van der Waals surface area contributed by atoms with E-state index < -0.39 is 33.7 Å². The van der Waals surface area contributed by atoms with Crippen molar-refractivity contribution in [2.45, 2.75) is 18.4 Å². The molecule has 0 bridgehead atoms. The topological polar surface area (TPSA) is 95.9 Å². The molecule has 2 aliphatic rings. The highest BCUT2D eigenvalue weighted by Crippen LogP contribution is 2.39. The molecule has 2 saturated heterocycles. The highest BCUT2D eigenvalue weighted by Gasteiger charge is 2.43. The number of carbonyl (C=O) groups excluding carboxylic acids is 1. The lowest BCUT2D eigenvalue weighted by Gasteiger charge is -2.27. The first-order chi connectivity index (χ1) is 19.2. The molecule has 40 heavy (non-hydrogen) atoms. The van der Waals surface area contributed by atoms with Crippen LogP contribution < -0.4 is 9.64 Å². The maximum absolute atomic E-state index is 15.3. The van der Waals surface area contributed by atoms with Crippen molar-refractivity contribution in [1.82, 2.24) is 19.4 Å². The monoisotopic (exact) mass is 587 g/mol. The third-order valence-electron chi connectivity index (χ3n) is 7.73. The lowest BCUT2D eigenvalue weighted by molar-refractivity contribution is -0.135. The second-order valence-corrected chi connectivity index (χ2v) is 12.5. The Kier molecular flexibility index (Phi) is 8.25. The van der Waals surface area contributed by atoms with Crippen LogP contribution in [-0.2, 0) is 14.8 Å². The molecule has 3 atom stereocenters. The Labute approximate surface area is 238 Å². The van der Waals surface area contributed by atoms with Crippen molar-refractivity contribution >= 4 is 33.3 Å². The molecule has 2 aromatic carbocycles. The Hall–Kier alpha value is -3.28. The van der Waals surface area contributed by atoms with E-state index in [1.54, 1.807) is 41.4 Å². The number of hydrogen-bond donors (Lipinski definition) is 0. The highest BCUT2D eigenvalue weighted by molar-refractivity contribution is 7.88. The van der Waals surface area contributed by atoms with Crippen molar-refractivity contribution in [3.05, 3.63) is 82.8 Å². The zero-order valence-electron chi connectivity index (χ0n) is 22.3. The highest BCUT2D eigenvalue weighted by atomic mass is 35.5. The number of aromatic nitrogens is 2. The van der Waals surface area contributed by atoms with E-state index in [4.69, 9.17) is 16.3 Å². The van der Waals surface area contributed by atoms with Crippen molar-refractivity contribution in [1.29, 1.82) is 0 Å². The molecule has 212 valence electrons. The van der Waals surface area contributed by atoms with Crippen LogP contribution in [0.3, 0.4) is 0 Å². The Morgan fingerprint density at radius 1 is 1.07 bits per heavy atom. The van der Waals surface area contributed by atoms with E-state index in [1.807, 2.05) is 23.1 Å². The molecule has 5 rings (SSSR count). The molecule has 3 aromatic rings. The minimum atomic E-state index is -3.56. The second kappa shape index (κ2) is 11.7. The molecule has 12 heteroatoms. The van der Waals surface area contributed by atoms with Crippen LogP contribution in [0.2, 0.25) is 5.02 Å². The van der Waals surface area contributed by atoms with Crippen molar-refractivity contribution < 1.29 is 22.3 Å². The Balaban J connectivity index is 1.44. The number of carbonyl (C=O) groups is 1. The summed E-state index contributed by atoms with van der Waals surface area (Å²) in [6.07, 6.45) is 3.18. The zero-order valence-corrected chi connectivity index (χ0v) is 23.9. The molecule has 1 amide bonds. The van der Waals surface area contributed by atoms with Gasteiger partial charge in [-0.2, -0.15) is 9.40 Å². The van der Waals surface area contributed by atoms with E-state index in [9.17, 15) is 13.2 Å².